The van der Waals surface area contributed by atoms with Crippen LogP contribution < -0.4 is 0 Å². The standard InChI is InChI=1S/C27H29F2N/c1-2-3-4-18-5-6-20-14-21(8-7-19(20)13-18)22-11-12-25(27(29)15-22)23-9-10-24(17-30)26(28)16-23/h2,9-12,15-16,18-21H,1,3-8,13-14H2. The van der Waals surface area contributed by atoms with Gasteiger partial charge in [-0.15, -0.1) is 6.58 Å². The predicted octanol–water partition coefficient (Wildman–Crippen LogP) is 7.77. The molecule has 0 amide bonds. The number of nitriles is 1. The van der Waals surface area contributed by atoms with E-state index < -0.39 is 5.82 Å². The molecule has 4 unspecified atom stereocenters. The van der Waals surface area contributed by atoms with E-state index in [1.165, 1.54) is 44.2 Å². The van der Waals surface area contributed by atoms with Crippen LogP contribution in [0.1, 0.15) is 68.4 Å². The van der Waals surface area contributed by atoms with Crippen LogP contribution in [0.4, 0.5) is 8.78 Å². The van der Waals surface area contributed by atoms with Crippen LogP contribution in [0.15, 0.2) is 49.1 Å². The maximum absolute atomic E-state index is 14.9. The lowest BCUT2D eigenvalue weighted by atomic mass is 9.63. The van der Waals surface area contributed by atoms with Gasteiger partial charge in [-0.25, -0.2) is 8.78 Å². The van der Waals surface area contributed by atoms with E-state index in [4.69, 9.17) is 5.26 Å². The topological polar surface area (TPSA) is 23.8 Å². The van der Waals surface area contributed by atoms with Gasteiger partial charge in [-0.05, 0) is 97.9 Å². The van der Waals surface area contributed by atoms with Gasteiger partial charge in [0, 0.05) is 5.56 Å². The molecule has 2 aliphatic rings. The second kappa shape index (κ2) is 9.13. The van der Waals surface area contributed by atoms with Gasteiger partial charge in [0.1, 0.15) is 17.7 Å². The average molecular weight is 406 g/mol. The highest BCUT2D eigenvalue weighted by Gasteiger charge is 2.35. The second-order valence-electron chi connectivity index (χ2n) is 9.12. The number of hydrogen-bond acceptors (Lipinski definition) is 1. The molecule has 0 saturated heterocycles. The fourth-order valence-corrected chi connectivity index (χ4v) is 5.70. The molecule has 2 aromatic carbocycles. The van der Waals surface area contributed by atoms with Crippen LogP contribution in [-0.2, 0) is 0 Å². The molecule has 0 aliphatic heterocycles. The number of rotatable bonds is 5. The Hall–Kier alpha value is -2.47. The highest BCUT2D eigenvalue weighted by Crippen LogP contribution is 2.48. The highest BCUT2D eigenvalue weighted by molar-refractivity contribution is 5.65. The van der Waals surface area contributed by atoms with Crippen molar-refractivity contribution in [3.63, 3.8) is 0 Å². The van der Waals surface area contributed by atoms with Crippen molar-refractivity contribution in [2.75, 3.05) is 0 Å². The summed E-state index contributed by atoms with van der Waals surface area (Å²) in [7, 11) is 0. The summed E-state index contributed by atoms with van der Waals surface area (Å²) in [6.45, 7) is 3.85. The lowest BCUT2D eigenvalue weighted by Crippen LogP contribution is -2.30. The first kappa shape index (κ1) is 20.8. The third kappa shape index (κ3) is 4.33. The van der Waals surface area contributed by atoms with E-state index in [0.717, 1.165) is 42.6 Å². The molecular weight excluding hydrogens is 376 g/mol. The largest absolute Gasteiger partial charge is 0.206 e. The molecule has 2 fully saturated rings. The Morgan fingerprint density at radius 3 is 2.50 bits per heavy atom. The Morgan fingerprint density at radius 2 is 1.77 bits per heavy atom. The Bertz CT molecular complexity index is 958. The van der Waals surface area contributed by atoms with E-state index in [-0.39, 0.29) is 11.4 Å². The van der Waals surface area contributed by atoms with Crippen molar-refractivity contribution in [2.24, 2.45) is 17.8 Å². The van der Waals surface area contributed by atoms with E-state index in [2.05, 4.69) is 6.58 Å². The van der Waals surface area contributed by atoms with Crippen LogP contribution in [-0.4, -0.2) is 0 Å². The summed E-state index contributed by atoms with van der Waals surface area (Å²) in [5, 5.41) is 8.88. The Labute approximate surface area is 178 Å². The molecule has 4 rings (SSSR count). The minimum atomic E-state index is -0.611. The molecule has 0 spiro atoms. The Morgan fingerprint density at radius 1 is 0.967 bits per heavy atom. The van der Waals surface area contributed by atoms with Crippen LogP contribution in [0.3, 0.4) is 0 Å². The quantitative estimate of drug-likeness (QED) is 0.466. The fraction of sp³-hybridized carbons (Fsp3) is 0.444. The normalized spacial score (nSPS) is 25.9. The maximum Gasteiger partial charge on any atom is 0.141 e. The number of halogens is 2. The molecule has 0 aromatic heterocycles. The van der Waals surface area contributed by atoms with Crippen LogP contribution >= 0.6 is 0 Å². The molecule has 3 heteroatoms. The van der Waals surface area contributed by atoms with Crippen molar-refractivity contribution >= 4 is 0 Å². The third-order valence-corrected chi connectivity index (χ3v) is 7.37. The minimum absolute atomic E-state index is 0.0215. The first-order valence-corrected chi connectivity index (χ1v) is 11.2. The van der Waals surface area contributed by atoms with E-state index in [1.54, 1.807) is 24.3 Å². The summed E-state index contributed by atoms with van der Waals surface area (Å²) < 4.78 is 28.9. The maximum atomic E-state index is 14.9. The van der Waals surface area contributed by atoms with E-state index >= 15 is 0 Å². The Kier molecular flexibility index (Phi) is 6.32. The molecule has 30 heavy (non-hydrogen) atoms. The zero-order valence-electron chi connectivity index (χ0n) is 17.4. The van der Waals surface area contributed by atoms with E-state index in [0.29, 0.717) is 17.0 Å². The molecule has 156 valence electrons. The van der Waals surface area contributed by atoms with Crippen molar-refractivity contribution in [2.45, 2.75) is 57.3 Å². The molecule has 0 N–H and O–H groups in total. The van der Waals surface area contributed by atoms with Crippen molar-refractivity contribution in [3.8, 4) is 17.2 Å². The van der Waals surface area contributed by atoms with Gasteiger partial charge in [0.25, 0.3) is 0 Å². The van der Waals surface area contributed by atoms with Gasteiger partial charge < -0.3 is 0 Å². The third-order valence-electron chi connectivity index (χ3n) is 7.37. The van der Waals surface area contributed by atoms with E-state index in [9.17, 15) is 8.78 Å². The molecule has 4 atom stereocenters. The lowest BCUT2D eigenvalue weighted by Gasteiger charge is -2.42. The van der Waals surface area contributed by atoms with Crippen molar-refractivity contribution in [1.29, 1.82) is 5.26 Å². The molecule has 2 aliphatic carbocycles. The van der Waals surface area contributed by atoms with E-state index in [1.807, 2.05) is 12.1 Å². The van der Waals surface area contributed by atoms with Crippen LogP contribution in [0.25, 0.3) is 11.1 Å². The number of hydrogen-bond donors (Lipinski definition) is 0. The smallest absolute Gasteiger partial charge is 0.141 e. The molecule has 2 saturated carbocycles. The van der Waals surface area contributed by atoms with Crippen LogP contribution in [0.5, 0.6) is 0 Å². The summed E-state index contributed by atoms with van der Waals surface area (Å²) in [5.41, 5.74) is 1.90. The molecule has 0 bridgehead atoms. The predicted molar refractivity (Wildman–Crippen MR) is 117 cm³/mol. The number of nitrogens with zero attached hydrogens (tertiary/aromatic N) is 1. The number of allylic oxidation sites excluding steroid dienone is 1. The van der Waals surface area contributed by atoms with Gasteiger partial charge in [-0.2, -0.15) is 5.26 Å². The van der Waals surface area contributed by atoms with Crippen LogP contribution in [0, 0.1) is 40.7 Å². The summed E-state index contributed by atoms with van der Waals surface area (Å²) in [6.07, 6.45) is 11.9. The summed E-state index contributed by atoms with van der Waals surface area (Å²) >= 11 is 0. The first-order chi connectivity index (χ1) is 14.6. The summed E-state index contributed by atoms with van der Waals surface area (Å²) in [4.78, 5) is 0. The van der Waals surface area contributed by atoms with Gasteiger partial charge in [-0.1, -0.05) is 30.7 Å². The molecule has 2 aromatic rings. The average Bonchev–Trinajstić information content (AvgIpc) is 2.77. The van der Waals surface area contributed by atoms with Gasteiger partial charge in [0.05, 0.1) is 5.56 Å². The SMILES string of the molecule is C=CCCC1CCC2CC(c3ccc(-c4ccc(C#N)c(F)c4)c(F)c3)CCC2C1. The van der Waals surface area contributed by atoms with Gasteiger partial charge in [0.15, 0.2) is 0 Å². The van der Waals surface area contributed by atoms with Crippen molar-refractivity contribution in [3.05, 3.63) is 71.8 Å². The monoisotopic (exact) mass is 405 g/mol. The molecule has 1 nitrogen and oxygen atoms in total. The molecule has 0 heterocycles. The number of fused-ring (bicyclic) bond motifs is 1. The zero-order valence-corrected chi connectivity index (χ0v) is 17.4. The van der Waals surface area contributed by atoms with Crippen molar-refractivity contribution < 1.29 is 8.78 Å². The van der Waals surface area contributed by atoms with Crippen molar-refractivity contribution in [1.82, 2.24) is 0 Å². The fourth-order valence-electron chi connectivity index (χ4n) is 5.70. The van der Waals surface area contributed by atoms with Gasteiger partial charge in [-0.3, -0.25) is 0 Å². The minimum Gasteiger partial charge on any atom is -0.206 e. The second-order valence-corrected chi connectivity index (χ2v) is 9.12. The molecule has 0 radical (unpaired) electrons. The number of benzene rings is 2. The van der Waals surface area contributed by atoms with Gasteiger partial charge >= 0.3 is 0 Å². The summed E-state index contributed by atoms with van der Waals surface area (Å²) in [5.74, 6) is 1.93. The lowest BCUT2D eigenvalue weighted by molar-refractivity contribution is 0.115. The zero-order chi connectivity index (χ0) is 21.1. The first-order valence-electron chi connectivity index (χ1n) is 11.2. The summed E-state index contributed by atoms with van der Waals surface area (Å²) in [6, 6.07) is 11.5. The van der Waals surface area contributed by atoms with Gasteiger partial charge in [0.2, 0.25) is 0 Å². The highest BCUT2D eigenvalue weighted by atomic mass is 19.1. The Balaban J connectivity index is 1.45. The molecular formula is C27H29F2N. The van der Waals surface area contributed by atoms with Crippen LogP contribution in [0.2, 0.25) is 0 Å².